The minimum Gasteiger partial charge on any atom is -0.347 e. The zero-order valence-electron chi connectivity index (χ0n) is 6.75. The highest BCUT2D eigenvalue weighted by molar-refractivity contribution is 9.11. The zero-order chi connectivity index (χ0) is 8.18. The Bertz CT molecular complexity index is 243. The van der Waals surface area contributed by atoms with Gasteiger partial charge in [0.2, 0.25) is 0 Å². The van der Waals surface area contributed by atoms with Gasteiger partial charge in [-0.1, -0.05) is 22.0 Å². The molecule has 1 aliphatic heterocycles. The zero-order valence-corrected chi connectivity index (χ0v) is 8.34. The number of fused-ring (bicyclic) bond motifs is 2. The average molecular weight is 231 g/mol. The van der Waals surface area contributed by atoms with Crippen LogP contribution in [0.1, 0.15) is 12.8 Å². The lowest BCUT2D eigenvalue weighted by Crippen LogP contribution is -2.52. The van der Waals surface area contributed by atoms with Crippen molar-refractivity contribution in [2.45, 2.75) is 18.6 Å². The first-order chi connectivity index (χ1) is 5.80. The first kappa shape index (κ1) is 7.54. The molecule has 1 heterocycles. The molecule has 0 radical (unpaired) electrons. The second kappa shape index (κ2) is 2.34. The average Bonchev–Trinajstić information content (AvgIpc) is 2.57. The molecule has 3 aliphatic rings. The molecule has 0 N–H and O–H groups in total. The van der Waals surface area contributed by atoms with E-state index in [-0.39, 0.29) is 5.79 Å². The van der Waals surface area contributed by atoms with E-state index in [0.717, 1.165) is 26.1 Å². The molecule has 66 valence electrons. The van der Waals surface area contributed by atoms with Crippen molar-refractivity contribution in [1.29, 1.82) is 0 Å². The van der Waals surface area contributed by atoms with Gasteiger partial charge in [0.1, 0.15) is 0 Å². The fourth-order valence-corrected chi connectivity index (χ4v) is 3.27. The lowest BCUT2D eigenvalue weighted by molar-refractivity contribution is -0.262. The molecule has 1 saturated heterocycles. The third-order valence-corrected chi connectivity index (χ3v) is 3.78. The minimum absolute atomic E-state index is 0.184. The molecular weight excluding hydrogens is 220 g/mol. The maximum atomic E-state index is 5.66. The Kier molecular flexibility index (Phi) is 1.47. The summed E-state index contributed by atoms with van der Waals surface area (Å²) in [5, 5.41) is 0. The van der Waals surface area contributed by atoms with Crippen molar-refractivity contribution in [2.24, 2.45) is 11.8 Å². The molecule has 2 fully saturated rings. The number of hydrogen-bond acceptors (Lipinski definition) is 2. The van der Waals surface area contributed by atoms with E-state index in [1.54, 1.807) is 0 Å². The van der Waals surface area contributed by atoms with Crippen LogP contribution >= 0.6 is 15.9 Å². The Morgan fingerprint density at radius 3 is 2.83 bits per heavy atom. The summed E-state index contributed by atoms with van der Waals surface area (Å²) in [5.41, 5.74) is 0. The maximum absolute atomic E-state index is 5.66. The molecule has 0 aromatic heterocycles. The van der Waals surface area contributed by atoms with Gasteiger partial charge in [-0.2, -0.15) is 0 Å². The highest BCUT2D eigenvalue weighted by Crippen LogP contribution is 2.57. The first-order valence-corrected chi connectivity index (χ1v) is 5.24. The Balaban J connectivity index is 1.81. The highest BCUT2D eigenvalue weighted by Gasteiger charge is 2.59. The lowest BCUT2D eigenvalue weighted by Gasteiger charge is -2.47. The Labute approximate surface area is 80.0 Å². The van der Waals surface area contributed by atoms with Crippen LogP contribution in [-0.4, -0.2) is 19.0 Å². The molecule has 2 nitrogen and oxygen atoms in total. The van der Waals surface area contributed by atoms with Crippen LogP contribution in [0.15, 0.2) is 10.6 Å². The van der Waals surface area contributed by atoms with E-state index in [2.05, 4.69) is 22.0 Å². The van der Waals surface area contributed by atoms with E-state index in [1.807, 2.05) is 0 Å². The van der Waals surface area contributed by atoms with E-state index in [1.165, 1.54) is 4.48 Å². The second-order valence-corrected chi connectivity index (χ2v) is 4.82. The largest absolute Gasteiger partial charge is 0.347 e. The number of rotatable bonds is 0. The Hall–Kier alpha value is 0.140. The van der Waals surface area contributed by atoms with Gasteiger partial charge in [0.15, 0.2) is 5.79 Å². The van der Waals surface area contributed by atoms with Crippen molar-refractivity contribution in [2.75, 3.05) is 13.2 Å². The summed E-state index contributed by atoms with van der Waals surface area (Å²) >= 11 is 3.54. The molecule has 0 aromatic rings. The third kappa shape index (κ3) is 0.820. The summed E-state index contributed by atoms with van der Waals surface area (Å²) in [6, 6.07) is 0. The van der Waals surface area contributed by atoms with Gasteiger partial charge in [0.25, 0.3) is 0 Å². The van der Waals surface area contributed by atoms with Crippen LogP contribution in [0.4, 0.5) is 0 Å². The second-order valence-electron chi connectivity index (χ2n) is 3.80. The summed E-state index contributed by atoms with van der Waals surface area (Å²) in [6.45, 7) is 1.56. The van der Waals surface area contributed by atoms with Crippen LogP contribution in [-0.2, 0) is 9.47 Å². The molecule has 12 heavy (non-hydrogen) atoms. The van der Waals surface area contributed by atoms with E-state index < -0.39 is 0 Å². The summed E-state index contributed by atoms with van der Waals surface area (Å²) in [5.74, 6) is 1.11. The molecule has 1 spiro atoms. The molecule has 2 unspecified atom stereocenters. The van der Waals surface area contributed by atoms with Crippen molar-refractivity contribution in [1.82, 2.24) is 0 Å². The molecule has 3 heteroatoms. The fourth-order valence-electron chi connectivity index (χ4n) is 2.58. The molecule has 0 amide bonds. The van der Waals surface area contributed by atoms with Gasteiger partial charge in [0, 0.05) is 12.3 Å². The standard InChI is InChI=1S/C9H11BrO2/c10-7-3-6-5-9(8(6)4-7)11-1-2-12-9/h3,6,8H,1-2,4-5H2. The van der Waals surface area contributed by atoms with Gasteiger partial charge in [0.05, 0.1) is 13.2 Å². The van der Waals surface area contributed by atoms with Crippen LogP contribution < -0.4 is 0 Å². The van der Waals surface area contributed by atoms with Gasteiger partial charge < -0.3 is 9.47 Å². The molecule has 2 aliphatic carbocycles. The maximum Gasteiger partial charge on any atom is 0.172 e. The van der Waals surface area contributed by atoms with Gasteiger partial charge >= 0.3 is 0 Å². The molecule has 2 atom stereocenters. The van der Waals surface area contributed by atoms with Crippen LogP contribution in [0.2, 0.25) is 0 Å². The van der Waals surface area contributed by atoms with Crippen LogP contribution in [0.3, 0.4) is 0 Å². The van der Waals surface area contributed by atoms with Crippen molar-refractivity contribution >= 4 is 15.9 Å². The van der Waals surface area contributed by atoms with Gasteiger partial charge in [-0.15, -0.1) is 0 Å². The van der Waals surface area contributed by atoms with Crippen LogP contribution in [0, 0.1) is 11.8 Å². The van der Waals surface area contributed by atoms with Gasteiger partial charge in [-0.3, -0.25) is 0 Å². The number of allylic oxidation sites excluding steroid dienone is 2. The van der Waals surface area contributed by atoms with Crippen molar-refractivity contribution in [3.05, 3.63) is 10.6 Å². The predicted octanol–water partition coefficient (Wildman–Crippen LogP) is 2.05. The van der Waals surface area contributed by atoms with E-state index in [9.17, 15) is 0 Å². The summed E-state index contributed by atoms with van der Waals surface area (Å²) in [6.07, 6.45) is 4.47. The van der Waals surface area contributed by atoms with Gasteiger partial charge in [-0.25, -0.2) is 0 Å². The summed E-state index contributed by atoms with van der Waals surface area (Å²) < 4.78 is 12.7. The predicted molar refractivity (Wildman–Crippen MR) is 47.9 cm³/mol. The van der Waals surface area contributed by atoms with Gasteiger partial charge in [-0.05, 0) is 16.8 Å². The minimum atomic E-state index is -0.184. The smallest absolute Gasteiger partial charge is 0.172 e. The molecule has 3 rings (SSSR count). The third-order valence-electron chi connectivity index (χ3n) is 3.19. The van der Waals surface area contributed by atoms with Crippen LogP contribution in [0.25, 0.3) is 0 Å². The fraction of sp³-hybridized carbons (Fsp3) is 0.778. The number of hydrogen-bond donors (Lipinski definition) is 0. The van der Waals surface area contributed by atoms with Crippen LogP contribution in [0.5, 0.6) is 0 Å². The van der Waals surface area contributed by atoms with E-state index >= 15 is 0 Å². The summed E-state index contributed by atoms with van der Waals surface area (Å²) in [4.78, 5) is 0. The topological polar surface area (TPSA) is 18.5 Å². The first-order valence-electron chi connectivity index (χ1n) is 4.44. The monoisotopic (exact) mass is 230 g/mol. The lowest BCUT2D eigenvalue weighted by atomic mass is 9.70. The SMILES string of the molecule is BrC1=CC2CC3(OCCO3)C2C1. The highest BCUT2D eigenvalue weighted by atomic mass is 79.9. The number of ether oxygens (including phenoxy) is 2. The molecular formula is C9H11BrO2. The van der Waals surface area contributed by atoms with Crippen molar-refractivity contribution in [3.63, 3.8) is 0 Å². The quantitative estimate of drug-likeness (QED) is 0.635. The van der Waals surface area contributed by atoms with Crippen molar-refractivity contribution < 1.29 is 9.47 Å². The Morgan fingerprint density at radius 1 is 1.42 bits per heavy atom. The van der Waals surface area contributed by atoms with E-state index in [0.29, 0.717) is 11.8 Å². The Morgan fingerprint density at radius 2 is 2.17 bits per heavy atom. The summed E-state index contributed by atoms with van der Waals surface area (Å²) in [7, 11) is 0. The van der Waals surface area contributed by atoms with E-state index in [4.69, 9.17) is 9.47 Å². The molecule has 0 bridgehead atoms. The van der Waals surface area contributed by atoms with Crippen molar-refractivity contribution in [3.8, 4) is 0 Å². The normalized spacial score (nSPS) is 42.6. The molecule has 1 saturated carbocycles. The number of halogens is 1. The molecule has 0 aromatic carbocycles.